The topological polar surface area (TPSA) is 26.3 Å². The minimum atomic E-state index is -0.0794. The van der Waals surface area contributed by atoms with E-state index in [-0.39, 0.29) is 11.9 Å². The summed E-state index contributed by atoms with van der Waals surface area (Å²) in [6, 6.07) is 0. The highest BCUT2D eigenvalue weighted by Crippen LogP contribution is 2.39. The number of methoxy groups -OCH3 is 1. The van der Waals surface area contributed by atoms with Crippen LogP contribution >= 0.6 is 0 Å². The zero-order chi connectivity index (χ0) is 8.43. The molecule has 1 saturated carbocycles. The van der Waals surface area contributed by atoms with Gasteiger partial charge >= 0.3 is 5.97 Å². The molecule has 2 nitrogen and oxygen atoms in total. The summed E-state index contributed by atoms with van der Waals surface area (Å²) in [6.45, 7) is 5.81. The predicted molar refractivity (Wildman–Crippen MR) is 43.0 cm³/mol. The highest BCUT2D eigenvalue weighted by Gasteiger charge is 2.37. The highest BCUT2D eigenvalue weighted by atomic mass is 16.5. The van der Waals surface area contributed by atoms with Gasteiger partial charge in [-0.2, -0.15) is 0 Å². The lowest BCUT2D eigenvalue weighted by Crippen LogP contribution is -2.34. The summed E-state index contributed by atoms with van der Waals surface area (Å²) >= 11 is 0. The summed E-state index contributed by atoms with van der Waals surface area (Å²) < 4.78 is 4.65. The van der Waals surface area contributed by atoms with Gasteiger partial charge in [-0.3, -0.25) is 4.79 Å². The van der Waals surface area contributed by atoms with Crippen molar-refractivity contribution in [3.63, 3.8) is 0 Å². The van der Waals surface area contributed by atoms with Gasteiger partial charge in [0.15, 0.2) is 0 Å². The monoisotopic (exact) mass is 154 g/mol. The molecule has 2 heteroatoms. The van der Waals surface area contributed by atoms with Crippen LogP contribution in [0.5, 0.6) is 0 Å². The summed E-state index contributed by atoms with van der Waals surface area (Å²) in [6.07, 6.45) is 2.05. The Morgan fingerprint density at radius 1 is 1.45 bits per heavy atom. The molecule has 0 bridgehead atoms. The van der Waals surface area contributed by atoms with Crippen LogP contribution in [0.1, 0.15) is 19.8 Å². The number of carbonyl (C=O) groups is 1. The molecule has 0 spiro atoms. The Bertz CT molecular complexity index is 184. The molecule has 0 aliphatic heterocycles. The summed E-state index contributed by atoms with van der Waals surface area (Å²) in [5, 5.41) is 0. The average molecular weight is 154 g/mol. The van der Waals surface area contributed by atoms with Crippen LogP contribution in [0, 0.1) is 11.8 Å². The predicted octanol–water partition coefficient (Wildman–Crippen LogP) is 1.76. The second-order valence-electron chi connectivity index (χ2n) is 3.16. The Labute approximate surface area is 67.2 Å². The first-order chi connectivity index (χ1) is 5.16. The number of hydrogen-bond acceptors (Lipinski definition) is 2. The zero-order valence-corrected chi connectivity index (χ0v) is 7.09. The number of carbonyl (C=O) groups excluding carboxylic acids is 1. The molecule has 1 aliphatic rings. The first-order valence-electron chi connectivity index (χ1n) is 3.90. The molecular formula is C9H14O2. The number of hydrogen-bond donors (Lipinski definition) is 0. The third-order valence-corrected chi connectivity index (χ3v) is 2.41. The molecule has 0 aromatic heterocycles. The quantitative estimate of drug-likeness (QED) is 0.447. The van der Waals surface area contributed by atoms with Crippen molar-refractivity contribution in [1.29, 1.82) is 0 Å². The third-order valence-electron chi connectivity index (χ3n) is 2.41. The minimum absolute atomic E-state index is 0.0794. The van der Waals surface area contributed by atoms with Crippen molar-refractivity contribution in [2.24, 2.45) is 11.8 Å². The average Bonchev–Trinajstić information content (AvgIpc) is 1.83. The molecule has 0 unspecified atom stereocenters. The fraction of sp³-hybridized carbons (Fsp3) is 0.667. The minimum Gasteiger partial charge on any atom is -0.469 e. The smallest absolute Gasteiger partial charge is 0.309 e. The molecule has 0 amide bonds. The standard InChI is InChI=1S/C9H14O2/c1-6(2)7-4-5-8(7)9(10)11-3/h7-8H,1,4-5H2,2-3H3/t7-,8+/m1/s1. The number of esters is 1. The number of allylic oxidation sites excluding steroid dienone is 1. The van der Waals surface area contributed by atoms with Crippen LogP contribution in [0.2, 0.25) is 0 Å². The lowest BCUT2D eigenvalue weighted by molar-refractivity contribution is -0.150. The molecule has 2 atom stereocenters. The van der Waals surface area contributed by atoms with Crippen molar-refractivity contribution in [3.05, 3.63) is 12.2 Å². The van der Waals surface area contributed by atoms with Crippen molar-refractivity contribution in [2.75, 3.05) is 7.11 Å². The van der Waals surface area contributed by atoms with Crippen LogP contribution in [-0.4, -0.2) is 13.1 Å². The fourth-order valence-electron chi connectivity index (χ4n) is 1.52. The van der Waals surface area contributed by atoms with E-state index in [1.54, 1.807) is 0 Å². The molecule has 11 heavy (non-hydrogen) atoms. The summed E-state index contributed by atoms with van der Waals surface area (Å²) in [4.78, 5) is 11.0. The highest BCUT2D eigenvalue weighted by molar-refractivity contribution is 5.74. The van der Waals surface area contributed by atoms with Gasteiger partial charge in [0.25, 0.3) is 0 Å². The molecule has 0 N–H and O–H groups in total. The van der Waals surface area contributed by atoms with E-state index in [2.05, 4.69) is 11.3 Å². The molecule has 0 aromatic rings. The van der Waals surface area contributed by atoms with Crippen LogP contribution in [0.25, 0.3) is 0 Å². The first kappa shape index (κ1) is 8.31. The second kappa shape index (κ2) is 3.07. The first-order valence-corrected chi connectivity index (χ1v) is 3.90. The van der Waals surface area contributed by atoms with Gasteiger partial charge in [0.2, 0.25) is 0 Å². The summed E-state index contributed by atoms with van der Waals surface area (Å²) in [5.74, 6) is 0.393. The molecule has 62 valence electrons. The maximum Gasteiger partial charge on any atom is 0.309 e. The molecule has 1 fully saturated rings. The van der Waals surface area contributed by atoms with Crippen molar-refractivity contribution < 1.29 is 9.53 Å². The lowest BCUT2D eigenvalue weighted by Gasteiger charge is -2.34. The van der Waals surface area contributed by atoms with Gasteiger partial charge in [0.05, 0.1) is 13.0 Å². The van der Waals surface area contributed by atoms with Crippen molar-refractivity contribution in [1.82, 2.24) is 0 Å². The summed E-state index contributed by atoms with van der Waals surface area (Å²) in [7, 11) is 1.44. The molecule has 1 aliphatic carbocycles. The molecule has 1 rings (SSSR count). The molecular weight excluding hydrogens is 140 g/mol. The van der Waals surface area contributed by atoms with Gasteiger partial charge in [0, 0.05) is 0 Å². The van der Waals surface area contributed by atoms with Crippen LogP contribution in [0.15, 0.2) is 12.2 Å². The SMILES string of the molecule is C=C(C)[C@H]1CC[C@@H]1C(=O)OC. The maximum absolute atomic E-state index is 11.0. The zero-order valence-electron chi connectivity index (χ0n) is 7.09. The van der Waals surface area contributed by atoms with E-state index in [1.807, 2.05) is 6.92 Å². The van der Waals surface area contributed by atoms with Crippen molar-refractivity contribution in [3.8, 4) is 0 Å². The molecule has 0 aromatic carbocycles. The Kier molecular flexibility index (Phi) is 2.32. The Balaban J connectivity index is 2.49. The Morgan fingerprint density at radius 2 is 2.00 bits per heavy atom. The van der Waals surface area contributed by atoms with E-state index in [1.165, 1.54) is 7.11 Å². The van der Waals surface area contributed by atoms with Crippen molar-refractivity contribution >= 4 is 5.97 Å². The normalized spacial score (nSPS) is 28.9. The van der Waals surface area contributed by atoms with Crippen molar-refractivity contribution in [2.45, 2.75) is 19.8 Å². The molecule has 0 heterocycles. The van der Waals surface area contributed by atoms with Gasteiger partial charge in [-0.05, 0) is 25.7 Å². The second-order valence-corrected chi connectivity index (χ2v) is 3.16. The maximum atomic E-state index is 11.0. The van der Waals surface area contributed by atoms with Crippen LogP contribution < -0.4 is 0 Å². The van der Waals surface area contributed by atoms with E-state index in [4.69, 9.17) is 0 Å². The summed E-state index contributed by atoms with van der Waals surface area (Å²) in [5.41, 5.74) is 1.10. The van der Waals surface area contributed by atoms with E-state index in [0.29, 0.717) is 5.92 Å². The molecule has 0 radical (unpaired) electrons. The van der Waals surface area contributed by atoms with E-state index in [9.17, 15) is 4.79 Å². The Morgan fingerprint density at radius 3 is 2.27 bits per heavy atom. The number of ether oxygens (including phenoxy) is 1. The van der Waals surface area contributed by atoms with Crippen LogP contribution in [0.4, 0.5) is 0 Å². The van der Waals surface area contributed by atoms with Gasteiger partial charge in [-0.1, -0.05) is 12.2 Å². The van der Waals surface area contributed by atoms with Gasteiger partial charge in [0.1, 0.15) is 0 Å². The number of rotatable bonds is 2. The Hall–Kier alpha value is -0.790. The lowest BCUT2D eigenvalue weighted by atomic mass is 9.70. The molecule has 0 saturated heterocycles. The largest absolute Gasteiger partial charge is 0.469 e. The van der Waals surface area contributed by atoms with Gasteiger partial charge in [-0.25, -0.2) is 0 Å². The fourth-order valence-corrected chi connectivity index (χ4v) is 1.52. The van der Waals surface area contributed by atoms with E-state index < -0.39 is 0 Å². The van der Waals surface area contributed by atoms with E-state index in [0.717, 1.165) is 18.4 Å². The van der Waals surface area contributed by atoms with E-state index >= 15 is 0 Å². The third kappa shape index (κ3) is 1.44. The van der Waals surface area contributed by atoms with Gasteiger partial charge < -0.3 is 4.74 Å². The van der Waals surface area contributed by atoms with Crippen LogP contribution in [0.3, 0.4) is 0 Å². The van der Waals surface area contributed by atoms with Crippen LogP contribution in [-0.2, 0) is 9.53 Å². The van der Waals surface area contributed by atoms with Gasteiger partial charge in [-0.15, -0.1) is 0 Å².